The molecule has 2 nitrogen and oxygen atoms in total. The van der Waals surface area contributed by atoms with Gasteiger partial charge in [0.05, 0.1) is 0 Å². The molecule has 1 heterocycles. The van der Waals surface area contributed by atoms with Crippen molar-refractivity contribution >= 4 is 17.5 Å². The molecule has 104 valence electrons. The van der Waals surface area contributed by atoms with Crippen LogP contribution in [0.3, 0.4) is 0 Å². The van der Waals surface area contributed by atoms with E-state index in [0.29, 0.717) is 18.7 Å². The maximum Gasteiger partial charge on any atom is 0.260 e. The summed E-state index contributed by atoms with van der Waals surface area (Å²) in [6, 6.07) is 0.759. The van der Waals surface area contributed by atoms with Crippen LogP contribution in [0.25, 0.3) is 0 Å². The van der Waals surface area contributed by atoms with E-state index in [1.807, 2.05) is 6.92 Å². The Hall–Kier alpha value is -1.23. The monoisotopic (exact) mass is 291 g/mol. The van der Waals surface area contributed by atoms with Gasteiger partial charge in [0.1, 0.15) is 23.0 Å². The van der Waals surface area contributed by atoms with E-state index in [2.05, 4.69) is 0 Å². The molecule has 2 rings (SSSR count). The van der Waals surface area contributed by atoms with Crippen molar-refractivity contribution in [1.82, 2.24) is 4.90 Å². The Bertz CT molecular complexity index is 486. The molecule has 1 saturated heterocycles. The Labute approximate surface area is 114 Å². The van der Waals surface area contributed by atoms with E-state index in [1.165, 1.54) is 4.90 Å². The van der Waals surface area contributed by atoms with Crippen LogP contribution in [0.5, 0.6) is 0 Å². The smallest absolute Gasteiger partial charge is 0.260 e. The van der Waals surface area contributed by atoms with Crippen molar-refractivity contribution in [2.45, 2.75) is 19.4 Å². The lowest BCUT2D eigenvalue weighted by molar-refractivity contribution is 0.0727. The Morgan fingerprint density at radius 1 is 1.37 bits per heavy atom. The zero-order valence-electron chi connectivity index (χ0n) is 10.3. The molecule has 0 aliphatic carbocycles. The molecule has 2 atom stereocenters. The SMILES string of the molecule is CC1CCN(C(=O)c2c(F)cc(F)cc2F)C1CCl. The fraction of sp³-hybridized carbons (Fsp3) is 0.462. The zero-order valence-corrected chi connectivity index (χ0v) is 11.1. The molecule has 0 radical (unpaired) electrons. The van der Waals surface area contributed by atoms with E-state index in [0.717, 1.165) is 6.42 Å². The van der Waals surface area contributed by atoms with E-state index in [1.54, 1.807) is 0 Å². The second-order valence-corrected chi connectivity index (χ2v) is 5.04. The molecule has 6 heteroatoms. The van der Waals surface area contributed by atoms with Gasteiger partial charge in [-0.15, -0.1) is 11.6 Å². The molecular formula is C13H13ClF3NO. The molecule has 0 N–H and O–H groups in total. The second-order valence-electron chi connectivity index (χ2n) is 4.73. The van der Waals surface area contributed by atoms with Gasteiger partial charge in [0.2, 0.25) is 0 Å². The van der Waals surface area contributed by atoms with Gasteiger partial charge in [-0.05, 0) is 12.3 Å². The van der Waals surface area contributed by atoms with Gasteiger partial charge in [-0.25, -0.2) is 13.2 Å². The molecule has 0 saturated carbocycles. The Balaban J connectivity index is 2.35. The molecule has 0 aromatic heterocycles. The number of hydrogen-bond donors (Lipinski definition) is 0. The van der Waals surface area contributed by atoms with Crippen molar-refractivity contribution in [1.29, 1.82) is 0 Å². The number of hydrogen-bond acceptors (Lipinski definition) is 1. The van der Waals surface area contributed by atoms with Crippen molar-refractivity contribution in [2.75, 3.05) is 12.4 Å². The van der Waals surface area contributed by atoms with Gasteiger partial charge in [0, 0.05) is 30.6 Å². The number of rotatable bonds is 2. The first-order valence-electron chi connectivity index (χ1n) is 5.97. The quantitative estimate of drug-likeness (QED) is 0.766. The van der Waals surface area contributed by atoms with E-state index >= 15 is 0 Å². The topological polar surface area (TPSA) is 20.3 Å². The van der Waals surface area contributed by atoms with Gasteiger partial charge in [-0.1, -0.05) is 6.92 Å². The third-order valence-electron chi connectivity index (χ3n) is 3.52. The van der Waals surface area contributed by atoms with Gasteiger partial charge < -0.3 is 4.90 Å². The van der Waals surface area contributed by atoms with Gasteiger partial charge >= 0.3 is 0 Å². The van der Waals surface area contributed by atoms with Crippen LogP contribution in [0.4, 0.5) is 13.2 Å². The highest BCUT2D eigenvalue weighted by molar-refractivity contribution is 6.18. The molecule has 1 aromatic rings. The maximum atomic E-state index is 13.6. The van der Waals surface area contributed by atoms with E-state index in [-0.39, 0.29) is 17.8 Å². The predicted molar refractivity (Wildman–Crippen MR) is 65.6 cm³/mol. The molecule has 19 heavy (non-hydrogen) atoms. The first kappa shape index (κ1) is 14.2. The second kappa shape index (κ2) is 5.41. The van der Waals surface area contributed by atoms with Crippen molar-refractivity contribution < 1.29 is 18.0 Å². The number of amides is 1. The highest BCUT2D eigenvalue weighted by atomic mass is 35.5. The van der Waals surface area contributed by atoms with Crippen LogP contribution in [0.15, 0.2) is 12.1 Å². The molecule has 1 aliphatic heterocycles. The summed E-state index contributed by atoms with van der Waals surface area (Å²) >= 11 is 5.79. The first-order chi connectivity index (χ1) is 8.95. The summed E-state index contributed by atoms with van der Waals surface area (Å²) in [6.45, 7) is 2.32. The fourth-order valence-corrected chi connectivity index (χ4v) is 2.86. The van der Waals surface area contributed by atoms with Crippen LogP contribution in [-0.4, -0.2) is 29.3 Å². The molecular weight excluding hydrogens is 279 g/mol. The summed E-state index contributed by atoms with van der Waals surface area (Å²) in [5.74, 6) is -3.81. The van der Waals surface area contributed by atoms with Crippen molar-refractivity contribution in [3.8, 4) is 0 Å². The summed E-state index contributed by atoms with van der Waals surface area (Å²) < 4.78 is 40.0. The summed E-state index contributed by atoms with van der Waals surface area (Å²) in [5, 5.41) is 0. The number of carbonyl (C=O) groups is 1. The number of halogens is 4. The van der Waals surface area contributed by atoms with Crippen LogP contribution in [0.1, 0.15) is 23.7 Å². The molecule has 0 bridgehead atoms. The third kappa shape index (κ3) is 2.56. The molecule has 1 aliphatic rings. The molecule has 1 fully saturated rings. The molecule has 1 aromatic carbocycles. The molecule has 0 spiro atoms. The lowest BCUT2D eigenvalue weighted by Gasteiger charge is -2.25. The minimum absolute atomic E-state index is 0.174. The summed E-state index contributed by atoms with van der Waals surface area (Å²) in [4.78, 5) is 13.5. The van der Waals surface area contributed by atoms with Crippen molar-refractivity contribution in [3.63, 3.8) is 0 Å². The van der Waals surface area contributed by atoms with E-state index < -0.39 is 28.9 Å². The number of alkyl halides is 1. The summed E-state index contributed by atoms with van der Waals surface area (Å²) in [5.41, 5.74) is -0.717. The Morgan fingerprint density at radius 3 is 2.47 bits per heavy atom. The number of carbonyl (C=O) groups excluding carboxylic acids is 1. The fourth-order valence-electron chi connectivity index (χ4n) is 2.39. The van der Waals surface area contributed by atoms with Gasteiger partial charge in [-0.3, -0.25) is 4.79 Å². The third-order valence-corrected chi connectivity index (χ3v) is 3.84. The molecule has 1 amide bonds. The largest absolute Gasteiger partial charge is 0.334 e. The standard InChI is InChI=1S/C13H13ClF3NO/c1-7-2-3-18(11(7)6-14)13(19)12-9(16)4-8(15)5-10(12)17/h4-5,7,11H,2-3,6H2,1H3. The Kier molecular flexibility index (Phi) is 4.04. The number of benzene rings is 1. The van der Waals surface area contributed by atoms with E-state index in [9.17, 15) is 18.0 Å². The minimum atomic E-state index is -1.18. The lowest BCUT2D eigenvalue weighted by atomic mass is 10.0. The highest BCUT2D eigenvalue weighted by Crippen LogP contribution is 2.28. The van der Waals surface area contributed by atoms with E-state index in [4.69, 9.17) is 11.6 Å². The zero-order chi connectivity index (χ0) is 14.2. The first-order valence-corrected chi connectivity index (χ1v) is 6.50. The van der Waals surface area contributed by atoms with Crippen LogP contribution < -0.4 is 0 Å². The average Bonchev–Trinajstić information content (AvgIpc) is 2.68. The summed E-state index contributed by atoms with van der Waals surface area (Å²) in [7, 11) is 0. The maximum absolute atomic E-state index is 13.6. The number of likely N-dealkylation sites (tertiary alicyclic amines) is 1. The van der Waals surface area contributed by atoms with Crippen LogP contribution in [-0.2, 0) is 0 Å². The van der Waals surface area contributed by atoms with Gasteiger partial charge in [-0.2, -0.15) is 0 Å². The van der Waals surface area contributed by atoms with Crippen LogP contribution in [0, 0.1) is 23.4 Å². The highest BCUT2D eigenvalue weighted by Gasteiger charge is 2.36. The Morgan fingerprint density at radius 2 is 1.95 bits per heavy atom. The average molecular weight is 292 g/mol. The van der Waals surface area contributed by atoms with Crippen LogP contribution in [0.2, 0.25) is 0 Å². The van der Waals surface area contributed by atoms with Gasteiger partial charge in [0.15, 0.2) is 0 Å². The van der Waals surface area contributed by atoms with Gasteiger partial charge in [0.25, 0.3) is 5.91 Å². The van der Waals surface area contributed by atoms with Crippen LogP contribution >= 0.6 is 11.6 Å². The number of nitrogens with zero attached hydrogens (tertiary/aromatic N) is 1. The minimum Gasteiger partial charge on any atom is -0.334 e. The normalized spacial score (nSPS) is 22.9. The summed E-state index contributed by atoms with van der Waals surface area (Å²) in [6.07, 6.45) is 0.730. The molecule has 2 unspecified atom stereocenters. The van der Waals surface area contributed by atoms with Crippen molar-refractivity contribution in [3.05, 3.63) is 35.1 Å². The lowest BCUT2D eigenvalue weighted by Crippen LogP contribution is -2.39. The predicted octanol–water partition coefficient (Wildman–Crippen LogP) is 3.19. The van der Waals surface area contributed by atoms with Crippen molar-refractivity contribution in [2.24, 2.45) is 5.92 Å².